The summed E-state index contributed by atoms with van der Waals surface area (Å²) >= 11 is 5.85. The van der Waals surface area contributed by atoms with E-state index in [-0.39, 0.29) is 6.04 Å². The van der Waals surface area contributed by atoms with Gasteiger partial charge in [-0.05, 0) is 31.0 Å². The number of aliphatic hydroxyl groups excluding tert-OH is 1. The van der Waals surface area contributed by atoms with Crippen LogP contribution in [-0.4, -0.2) is 11.1 Å². The predicted molar refractivity (Wildman–Crippen MR) is 54.8 cm³/mol. The Labute approximate surface area is 83.3 Å². The number of nitrogens with two attached hydrogens (primary N) is 1. The van der Waals surface area contributed by atoms with Crippen LogP contribution >= 0.6 is 11.6 Å². The smallest absolute Gasteiger partial charge is 0.0938 e. The zero-order chi connectivity index (χ0) is 10.0. The van der Waals surface area contributed by atoms with Crippen LogP contribution in [0, 0.1) is 6.92 Å². The molecule has 3 N–H and O–H groups in total. The summed E-state index contributed by atoms with van der Waals surface area (Å²) < 4.78 is 0. The minimum atomic E-state index is -0.615. The lowest BCUT2D eigenvalue weighted by molar-refractivity contribution is 0.153. The number of rotatable bonds is 2. The molecule has 0 saturated carbocycles. The SMILES string of the molecule is Cc1cc([C@@H](O)[C@H](C)N)ccc1Cl. The van der Waals surface area contributed by atoms with Gasteiger partial charge < -0.3 is 10.8 Å². The molecular weight excluding hydrogens is 186 g/mol. The topological polar surface area (TPSA) is 46.2 Å². The second-order valence-corrected chi connectivity index (χ2v) is 3.72. The van der Waals surface area contributed by atoms with Crippen molar-refractivity contribution >= 4 is 11.6 Å². The maximum Gasteiger partial charge on any atom is 0.0938 e. The summed E-state index contributed by atoms with van der Waals surface area (Å²) in [5, 5.41) is 10.4. The molecule has 0 aliphatic carbocycles. The normalized spacial score (nSPS) is 15.5. The van der Waals surface area contributed by atoms with Gasteiger partial charge in [0.1, 0.15) is 0 Å². The third-order valence-electron chi connectivity index (χ3n) is 2.02. The number of benzene rings is 1. The van der Waals surface area contributed by atoms with Gasteiger partial charge in [0.15, 0.2) is 0 Å². The summed E-state index contributed by atoms with van der Waals surface area (Å²) in [6, 6.07) is 5.16. The van der Waals surface area contributed by atoms with Crippen molar-refractivity contribution in [3.8, 4) is 0 Å². The molecule has 0 aromatic heterocycles. The highest BCUT2D eigenvalue weighted by Crippen LogP contribution is 2.21. The Morgan fingerprint density at radius 2 is 2.08 bits per heavy atom. The maximum absolute atomic E-state index is 9.65. The van der Waals surface area contributed by atoms with Gasteiger partial charge in [-0.2, -0.15) is 0 Å². The Kier molecular flexibility index (Phi) is 3.31. The first-order chi connectivity index (χ1) is 6.02. The van der Waals surface area contributed by atoms with E-state index < -0.39 is 6.10 Å². The minimum Gasteiger partial charge on any atom is -0.387 e. The largest absolute Gasteiger partial charge is 0.387 e. The fraction of sp³-hybridized carbons (Fsp3) is 0.400. The third-order valence-corrected chi connectivity index (χ3v) is 2.45. The summed E-state index contributed by atoms with van der Waals surface area (Å²) in [6.45, 7) is 3.67. The Balaban J connectivity index is 2.97. The molecule has 0 aliphatic heterocycles. The molecule has 0 unspecified atom stereocenters. The van der Waals surface area contributed by atoms with Gasteiger partial charge in [-0.1, -0.05) is 23.7 Å². The first-order valence-corrected chi connectivity index (χ1v) is 4.60. The van der Waals surface area contributed by atoms with Crippen LogP contribution in [0.1, 0.15) is 24.2 Å². The zero-order valence-electron chi connectivity index (χ0n) is 7.79. The van der Waals surface area contributed by atoms with Crippen LogP contribution in [0.15, 0.2) is 18.2 Å². The molecular formula is C10H14ClNO. The second kappa shape index (κ2) is 4.09. The lowest BCUT2D eigenvalue weighted by Gasteiger charge is -2.15. The second-order valence-electron chi connectivity index (χ2n) is 3.31. The Hall–Kier alpha value is -0.570. The van der Waals surface area contributed by atoms with Crippen LogP contribution in [0.2, 0.25) is 5.02 Å². The number of hydrogen-bond donors (Lipinski definition) is 2. The van der Waals surface area contributed by atoms with Crippen molar-refractivity contribution in [2.75, 3.05) is 0 Å². The van der Waals surface area contributed by atoms with Gasteiger partial charge in [-0.3, -0.25) is 0 Å². The van der Waals surface area contributed by atoms with E-state index in [0.29, 0.717) is 5.02 Å². The Bertz CT molecular complexity index is 299. The summed E-state index contributed by atoms with van der Waals surface area (Å²) in [5.74, 6) is 0. The van der Waals surface area contributed by atoms with E-state index >= 15 is 0 Å². The quantitative estimate of drug-likeness (QED) is 0.766. The van der Waals surface area contributed by atoms with Crippen LogP contribution in [0.3, 0.4) is 0 Å². The number of aliphatic hydroxyl groups is 1. The number of halogens is 1. The fourth-order valence-corrected chi connectivity index (χ4v) is 1.27. The standard InChI is InChI=1S/C10H14ClNO/c1-6-5-8(3-4-9(6)11)10(13)7(2)12/h3-5,7,10,13H,12H2,1-2H3/t7-,10-/m0/s1. The van der Waals surface area contributed by atoms with Crippen LogP contribution in [0.4, 0.5) is 0 Å². The van der Waals surface area contributed by atoms with Crippen molar-refractivity contribution in [3.63, 3.8) is 0 Å². The van der Waals surface area contributed by atoms with Gasteiger partial charge in [0, 0.05) is 11.1 Å². The van der Waals surface area contributed by atoms with Gasteiger partial charge >= 0.3 is 0 Å². The summed E-state index contributed by atoms with van der Waals surface area (Å²) in [6.07, 6.45) is -0.615. The minimum absolute atomic E-state index is 0.263. The third kappa shape index (κ3) is 2.44. The summed E-state index contributed by atoms with van der Waals surface area (Å²) in [7, 11) is 0. The Morgan fingerprint density at radius 1 is 1.46 bits per heavy atom. The average Bonchev–Trinajstić information content (AvgIpc) is 2.08. The molecule has 0 aliphatic rings. The van der Waals surface area contributed by atoms with Gasteiger partial charge in [-0.15, -0.1) is 0 Å². The monoisotopic (exact) mass is 199 g/mol. The molecule has 0 radical (unpaired) electrons. The van der Waals surface area contributed by atoms with E-state index in [1.54, 1.807) is 19.1 Å². The Morgan fingerprint density at radius 3 is 2.54 bits per heavy atom. The van der Waals surface area contributed by atoms with E-state index in [4.69, 9.17) is 17.3 Å². The summed E-state index contributed by atoms with van der Waals surface area (Å²) in [5.41, 5.74) is 7.35. The lowest BCUT2D eigenvalue weighted by Crippen LogP contribution is -2.24. The van der Waals surface area contributed by atoms with Crippen LogP contribution in [0.5, 0.6) is 0 Å². The number of aryl methyl sites for hydroxylation is 1. The highest BCUT2D eigenvalue weighted by atomic mass is 35.5. The molecule has 0 heterocycles. The van der Waals surface area contributed by atoms with Crippen molar-refractivity contribution in [2.45, 2.75) is 26.0 Å². The molecule has 3 heteroatoms. The average molecular weight is 200 g/mol. The van der Waals surface area contributed by atoms with E-state index in [0.717, 1.165) is 11.1 Å². The zero-order valence-corrected chi connectivity index (χ0v) is 8.55. The molecule has 0 bridgehead atoms. The lowest BCUT2D eigenvalue weighted by atomic mass is 10.0. The van der Waals surface area contributed by atoms with Gasteiger partial charge in [0.25, 0.3) is 0 Å². The first-order valence-electron chi connectivity index (χ1n) is 4.22. The molecule has 1 aromatic carbocycles. The highest BCUT2D eigenvalue weighted by molar-refractivity contribution is 6.31. The van der Waals surface area contributed by atoms with E-state index in [1.807, 2.05) is 13.0 Å². The van der Waals surface area contributed by atoms with Gasteiger partial charge in [0.2, 0.25) is 0 Å². The molecule has 0 amide bonds. The van der Waals surface area contributed by atoms with Crippen LogP contribution in [0.25, 0.3) is 0 Å². The molecule has 13 heavy (non-hydrogen) atoms. The molecule has 1 rings (SSSR count). The maximum atomic E-state index is 9.65. The van der Waals surface area contributed by atoms with Crippen molar-refractivity contribution in [1.29, 1.82) is 0 Å². The predicted octanol–water partition coefficient (Wildman–Crippen LogP) is 2.03. The number of hydrogen-bond acceptors (Lipinski definition) is 2. The molecule has 0 fully saturated rings. The van der Waals surface area contributed by atoms with E-state index in [1.165, 1.54) is 0 Å². The molecule has 0 spiro atoms. The highest BCUT2D eigenvalue weighted by Gasteiger charge is 2.12. The first kappa shape index (κ1) is 10.5. The van der Waals surface area contributed by atoms with Gasteiger partial charge in [0.05, 0.1) is 6.10 Å². The van der Waals surface area contributed by atoms with E-state index in [2.05, 4.69) is 0 Å². The van der Waals surface area contributed by atoms with Crippen molar-refractivity contribution in [1.82, 2.24) is 0 Å². The molecule has 0 saturated heterocycles. The molecule has 1 aromatic rings. The van der Waals surface area contributed by atoms with Crippen LogP contribution in [-0.2, 0) is 0 Å². The van der Waals surface area contributed by atoms with Gasteiger partial charge in [-0.25, -0.2) is 0 Å². The molecule has 2 nitrogen and oxygen atoms in total. The summed E-state index contributed by atoms with van der Waals surface area (Å²) in [4.78, 5) is 0. The van der Waals surface area contributed by atoms with E-state index in [9.17, 15) is 5.11 Å². The molecule has 72 valence electrons. The van der Waals surface area contributed by atoms with Crippen LogP contribution < -0.4 is 5.73 Å². The fourth-order valence-electron chi connectivity index (χ4n) is 1.16. The van der Waals surface area contributed by atoms with Crippen molar-refractivity contribution in [2.24, 2.45) is 5.73 Å². The van der Waals surface area contributed by atoms with Crippen molar-refractivity contribution < 1.29 is 5.11 Å². The molecule has 2 atom stereocenters. The van der Waals surface area contributed by atoms with Crippen molar-refractivity contribution in [3.05, 3.63) is 34.3 Å².